The molecule has 2 aromatic carbocycles. The molecule has 0 spiro atoms. The van der Waals surface area contributed by atoms with Crippen LogP contribution in [0, 0.1) is 6.92 Å². The minimum atomic E-state index is -0.164. The van der Waals surface area contributed by atoms with Crippen molar-refractivity contribution in [3.8, 4) is 22.1 Å². The Hall–Kier alpha value is -2.81. The average Bonchev–Trinajstić information content (AvgIpc) is 3.43. The number of carbonyl (C=O) groups excluding carboxylic acids is 1. The number of hydrogen-bond acceptors (Lipinski definition) is 6. The number of aromatic nitrogens is 3. The molecule has 0 saturated heterocycles. The van der Waals surface area contributed by atoms with Crippen molar-refractivity contribution in [3.05, 3.63) is 70.6 Å². The quantitative estimate of drug-likeness (QED) is 0.351. The topological polar surface area (TPSA) is 69.0 Å². The zero-order valence-corrected chi connectivity index (χ0v) is 19.2. The SMILES string of the molecule is COc1ccc(NC(=O)CSc2nnc(-c3cccs3)n2-c2ccc(C)cc2)cc1Cl. The second-order valence-electron chi connectivity index (χ2n) is 6.64. The number of benzene rings is 2. The van der Waals surface area contributed by atoms with Gasteiger partial charge in [0.2, 0.25) is 5.91 Å². The van der Waals surface area contributed by atoms with Gasteiger partial charge < -0.3 is 10.1 Å². The van der Waals surface area contributed by atoms with Crippen LogP contribution in [0.15, 0.2) is 65.1 Å². The highest BCUT2D eigenvalue weighted by atomic mass is 35.5. The fraction of sp³-hybridized carbons (Fsp3) is 0.136. The number of rotatable bonds is 7. The normalized spacial score (nSPS) is 10.8. The second kappa shape index (κ2) is 9.55. The molecule has 0 bridgehead atoms. The van der Waals surface area contributed by atoms with Crippen molar-refractivity contribution in [1.82, 2.24) is 14.8 Å². The van der Waals surface area contributed by atoms with Crippen molar-refractivity contribution in [2.75, 3.05) is 18.2 Å². The van der Waals surface area contributed by atoms with Gasteiger partial charge in [-0.15, -0.1) is 21.5 Å². The van der Waals surface area contributed by atoms with E-state index in [4.69, 9.17) is 16.3 Å². The summed E-state index contributed by atoms with van der Waals surface area (Å²) in [6.07, 6.45) is 0. The standard InChI is InChI=1S/C22H19ClN4O2S2/c1-14-5-8-16(9-6-14)27-21(19-4-3-11-30-19)25-26-22(27)31-13-20(28)24-15-7-10-18(29-2)17(23)12-15/h3-12H,13H2,1-2H3,(H,24,28). The van der Waals surface area contributed by atoms with Gasteiger partial charge in [-0.2, -0.15) is 0 Å². The fourth-order valence-corrected chi connectivity index (χ4v) is 4.63. The van der Waals surface area contributed by atoms with E-state index in [9.17, 15) is 4.79 Å². The average molecular weight is 471 g/mol. The maximum Gasteiger partial charge on any atom is 0.234 e. The molecule has 9 heteroatoms. The van der Waals surface area contributed by atoms with Crippen molar-refractivity contribution in [1.29, 1.82) is 0 Å². The zero-order valence-electron chi connectivity index (χ0n) is 16.8. The summed E-state index contributed by atoms with van der Waals surface area (Å²) in [6.45, 7) is 2.04. The van der Waals surface area contributed by atoms with Crippen LogP contribution >= 0.6 is 34.7 Å². The number of anilines is 1. The number of nitrogens with zero attached hydrogens (tertiary/aromatic N) is 3. The zero-order chi connectivity index (χ0) is 21.8. The Kier molecular flexibility index (Phi) is 6.60. The Morgan fingerprint density at radius 3 is 2.68 bits per heavy atom. The number of carbonyl (C=O) groups is 1. The summed E-state index contributed by atoms with van der Waals surface area (Å²) in [6, 6.07) is 17.3. The Morgan fingerprint density at radius 1 is 1.19 bits per heavy atom. The molecule has 0 radical (unpaired) electrons. The van der Waals surface area contributed by atoms with Gasteiger partial charge in [-0.05, 0) is 48.7 Å². The smallest absolute Gasteiger partial charge is 0.234 e. The molecule has 158 valence electrons. The van der Waals surface area contributed by atoms with Crippen LogP contribution < -0.4 is 10.1 Å². The van der Waals surface area contributed by atoms with Gasteiger partial charge >= 0.3 is 0 Å². The van der Waals surface area contributed by atoms with Crippen LogP contribution in [0.5, 0.6) is 5.75 Å². The summed E-state index contributed by atoms with van der Waals surface area (Å²) in [5.74, 6) is 1.32. The largest absolute Gasteiger partial charge is 0.495 e. The van der Waals surface area contributed by atoms with Gasteiger partial charge in [-0.3, -0.25) is 9.36 Å². The summed E-state index contributed by atoms with van der Waals surface area (Å²) < 4.78 is 7.12. The van der Waals surface area contributed by atoms with Gasteiger partial charge in [0, 0.05) is 11.4 Å². The van der Waals surface area contributed by atoms with Crippen LogP contribution in [0.2, 0.25) is 5.02 Å². The maximum atomic E-state index is 12.5. The molecule has 0 aliphatic rings. The first-order valence-corrected chi connectivity index (χ1v) is 11.6. The summed E-state index contributed by atoms with van der Waals surface area (Å²) >= 11 is 9.06. The Bertz CT molecular complexity index is 1190. The summed E-state index contributed by atoms with van der Waals surface area (Å²) in [5, 5.41) is 14.7. The molecule has 6 nitrogen and oxygen atoms in total. The molecule has 4 aromatic rings. The monoisotopic (exact) mass is 470 g/mol. The van der Waals surface area contributed by atoms with Gasteiger partial charge in [0.05, 0.1) is 22.8 Å². The van der Waals surface area contributed by atoms with E-state index >= 15 is 0 Å². The minimum Gasteiger partial charge on any atom is -0.495 e. The number of ether oxygens (including phenoxy) is 1. The molecule has 0 aliphatic carbocycles. The number of hydrogen-bond donors (Lipinski definition) is 1. The third kappa shape index (κ3) is 4.92. The van der Waals surface area contributed by atoms with Crippen LogP contribution in [0.3, 0.4) is 0 Å². The van der Waals surface area contributed by atoms with Crippen molar-refractivity contribution >= 4 is 46.3 Å². The highest BCUT2D eigenvalue weighted by molar-refractivity contribution is 7.99. The van der Waals surface area contributed by atoms with Gasteiger partial charge in [0.1, 0.15) is 5.75 Å². The van der Waals surface area contributed by atoms with Crippen LogP contribution in [-0.2, 0) is 4.79 Å². The maximum absolute atomic E-state index is 12.5. The Balaban J connectivity index is 1.54. The number of amides is 1. The first-order chi connectivity index (χ1) is 15.0. The predicted octanol–water partition coefficient (Wildman–Crippen LogP) is 5.70. The van der Waals surface area contributed by atoms with Crippen LogP contribution in [0.25, 0.3) is 16.4 Å². The number of thioether (sulfide) groups is 1. The van der Waals surface area contributed by atoms with E-state index in [2.05, 4.69) is 15.5 Å². The molecule has 2 aromatic heterocycles. The first kappa shape index (κ1) is 21.4. The van der Waals surface area contributed by atoms with Gasteiger partial charge in [0.15, 0.2) is 11.0 Å². The highest BCUT2D eigenvalue weighted by Gasteiger charge is 2.18. The molecule has 0 aliphatic heterocycles. The minimum absolute atomic E-state index is 0.164. The molecule has 1 amide bonds. The first-order valence-electron chi connectivity index (χ1n) is 9.37. The molecule has 0 fully saturated rings. The van der Waals surface area contributed by atoms with E-state index in [0.717, 1.165) is 16.4 Å². The van der Waals surface area contributed by atoms with E-state index in [0.29, 0.717) is 21.6 Å². The van der Waals surface area contributed by atoms with E-state index in [-0.39, 0.29) is 11.7 Å². The third-order valence-corrected chi connectivity index (χ3v) is 6.53. The molecule has 0 atom stereocenters. The third-order valence-electron chi connectivity index (χ3n) is 4.44. The molecule has 0 unspecified atom stereocenters. The van der Waals surface area contributed by atoms with E-state index < -0.39 is 0 Å². The van der Waals surface area contributed by atoms with Gasteiger partial charge in [-0.25, -0.2) is 0 Å². The van der Waals surface area contributed by atoms with E-state index in [1.54, 1.807) is 36.6 Å². The van der Waals surface area contributed by atoms with Crippen LogP contribution in [0.4, 0.5) is 5.69 Å². The predicted molar refractivity (Wildman–Crippen MR) is 127 cm³/mol. The van der Waals surface area contributed by atoms with Crippen LogP contribution in [-0.4, -0.2) is 33.5 Å². The molecular formula is C22H19ClN4O2S2. The lowest BCUT2D eigenvalue weighted by Gasteiger charge is -2.10. The van der Waals surface area contributed by atoms with Crippen molar-refractivity contribution in [2.24, 2.45) is 0 Å². The molecule has 2 heterocycles. The lowest BCUT2D eigenvalue weighted by atomic mass is 10.2. The molecule has 4 rings (SSSR count). The summed E-state index contributed by atoms with van der Waals surface area (Å²) in [7, 11) is 1.55. The molecule has 31 heavy (non-hydrogen) atoms. The Morgan fingerprint density at radius 2 is 2.00 bits per heavy atom. The fourth-order valence-electron chi connectivity index (χ4n) is 2.93. The number of aryl methyl sites for hydroxylation is 1. The lowest BCUT2D eigenvalue weighted by molar-refractivity contribution is -0.113. The number of nitrogens with one attached hydrogen (secondary N) is 1. The number of halogens is 1. The summed E-state index contributed by atoms with van der Waals surface area (Å²) in [5.41, 5.74) is 2.72. The van der Waals surface area contributed by atoms with E-state index in [1.165, 1.54) is 17.3 Å². The van der Waals surface area contributed by atoms with Gasteiger partial charge in [0.25, 0.3) is 0 Å². The Labute approximate surface area is 193 Å². The number of thiophene rings is 1. The number of methoxy groups -OCH3 is 1. The lowest BCUT2D eigenvalue weighted by Crippen LogP contribution is -2.14. The molecule has 0 saturated carbocycles. The van der Waals surface area contributed by atoms with E-state index in [1.807, 2.05) is 53.3 Å². The van der Waals surface area contributed by atoms with Crippen molar-refractivity contribution in [2.45, 2.75) is 12.1 Å². The van der Waals surface area contributed by atoms with Crippen LogP contribution in [0.1, 0.15) is 5.56 Å². The highest BCUT2D eigenvalue weighted by Crippen LogP contribution is 2.31. The molecular weight excluding hydrogens is 452 g/mol. The molecule has 1 N–H and O–H groups in total. The van der Waals surface area contributed by atoms with Crippen molar-refractivity contribution in [3.63, 3.8) is 0 Å². The summed E-state index contributed by atoms with van der Waals surface area (Å²) in [4.78, 5) is 13.5. The second-order valence-corrected chi connectivity index (χ2v) is 8.94. The van der Waals surface area contributed by atoms with Gasteiger partial charge in [-0.1, -0.05) is 47.1 Å². The van der Waals surface area contributed by atoms with Crippen molar-refractivity contribution < 1.29 is 9.53 Å².